The molecule has 316 valence electrons. The van der Waals surface area contributed by atoms with Gasteiger partial charge in [-0.2, -0.15) is 5.26 Å². The van der Waals surface area contributed by atoms with Crippen molar-refractivity contribution in [2.24, 2.45) is 4.99 Å². The zero-order chi connectivity index (χ0) is 44.5. The highest BCUT2D eigenvalue weighted by Crippen LogP contribution is 2.40. The molecule has 0 bridgehead atoms. The molecule has 1 atom stereocenters. The second-order valence-corrected chi connectivity index (χ2v) is 18.0. The lowest BCUT2D eigenvalue weighted by atomic mass is 9.95. The van der Waals surface area contributed by atoms with Crippen LogP contribution in [0.15, 0.2) is 94.9 Å². The zero-order valence-corrected chi connectivity index (χ0v) is 36.8. The van der Waals surface area contributed by atoms with Crippen LogP contribution in [0.2, 0.25) is 0 Å². The molecule has 0 radical (unpaired) electrons. The van der Waals surface area contributed by atoms with Gasteiger partial charge in [-0.25, -0.2) is 8.42 Å². The molecule has 6 aromatic rings. The number of aryl methyl sites for hydroxylation is 3. The molecule has 13 nitrogen and oxygen atoms in total. The van der Waals surface area contributed by atoms with Crippen LogP contribution in [0.3, 0.4) is 0 Å². The maximum Gasteiger partial charge on any atom is 0.308 e. The Bertz CT molecular complexity index is 2960. The second kappa shape index (κ2) is 17.6. The Morgan fingerprint density at radius 2 is 1.69 bits per heavy atom. The third kappa shape index (κ3) is 8.39. The first-order valence-corrected chi connectivity index (χ1v) is 22.3. The van der Waals surface area contributed by atoms with E-state index in [0.717, 1.165) is 54.4 Å². The van der Waals surface area contributed by atoms with Crippen molar-refractivity contribution in [2.75, 3.05) is 23.3 Å². The van der Waals surface area contributed by atoms with Crippen LogP contribution in [-0.4, -0.2) is 62.4 Å². The predicted octanol–water partition coefficient (Wildman–Crippen LogP) is 8.59. The summed E-state index contributed by atoms with van der Waals surface area (Å²) in [5.74, 6) is -0.515. The first kappa shape index (κ1) is 43.2. The second-order valence-electron chi connectivity index (χ2n) is 15.1. The SMILES string of the molecule is CCc1ccc(NS(=O)(=O)c2ccc(CCNC(=O)c3ccc(-c4ccc(C5=N[C@@H](CC(=O)OC)C(=N)N(C(C)=N)c6sc(C)c(C)c65)cc4)cc3C)cc2)c2[nH]cc(C#N)c12. The van der Waals surface area contributed by atoms with Crippen LogP contribution in [-0.2, 0) is 32.4 Å². The zero-order valence-electron chi connectivity index (χ0n) is 35.2. The molecule has 3 heterocycles. The van der Waals surface area contributed by atoms with Crippen molar-refractivity contribution >= 4 is 72.2 Å². The van der Waals surface area contributed by atoms with E-state index in [0.29, 0.717) is 52.8 Å². The van der Waals surface area contributed by atoms with Gasteiger partial charge in [0.15, 0.2) is 0 Å². The number of aliphatic imine (C=N–C) groups is 1. The number of esters is 1. The number of benzene rings is 4. The number of H-pyrrole nitrogens is 1. The third-order valence-corrected chi connectivity index (χ3v) is 13.7. The quantitative estimate of drug-likeness (QED) is 0.0460. The maximum atomic E-state index is 13.3. The van der Waals surface area contributed by atoms with E-state index in [1.54, 1.807) is 42.3 Å². The molecule has 1 aliphatic heterocycles. The number of rotatable bonds is 12. The summed E-state index contributed by atoms with van der Waals surface area (Å²) in [5.41, 5.74) is 9.62. The van der Waals surface area contributed by atoms with Crippen LogP contribution in [0.25, 0.3) is 22.0 Å². The Labute approximate surface area is 364 Å². The van der Waals surface area contributed by atoms with Crippen molar-refractivity contribution in [3.05, 3.63) is 134 Å². The summed E-state index contributed by atoms with van der Waals surface area (Å²) >= 11 is 1.49. The number of fused-ring (bicyclic) bond motifs is 2. The fourth-order valence-corrected chi connectivity index (χ4v) is 9.98. The van der Waals surface area contributed by atoms with E-state index in [4.69, 9.17) is 20.5 Å². The number of amidine groups is 2. The molecule has 5 N–H and O–H groups in total. The van der Waals surface area contributed by atoms with Gasteiger partial charge >= 0.3 is 5.97 Å². The van der Waals surface area contributed by atoms with Crippen LogP contribution >= 0.6 is 11.3 Å². The van der Waals surface area contributed by atoms with E-state index in [2.05, 4.69) is 21.1 Å². The average molecular weight is 867 g/mol. The minimum absolute atomic E-state index is 0.0400. The van der Waals surface area contributed by atoms with E-state index < -0.39 is 22.0 Å². The summed E-state index contributed by atoms with van der Waals surface area (Å²) in [6.07, 6.45) is 2.63. The van der Waals surface area contributed by atoms with Gasteiger partial charge in [-0.1, -0.05) is 61.5 Å². The lowest BCUT2D eigenvalue weighted by Gasteiger charge is -2.24. The number of carbonyl (C=O) groups is 2. The molecule has 2 aromatic heterocycles. The molecule has 1 amide bonds. The van der Waals surface area contributed by atoms with E-state index in [9.17, 15) is 23.3 Å². The molecule has 0 saturated heterocycles. The van der Waals surface area contributed by atoms with Gasteiger partial charge in [-0.3, -0.25) is 35.0 Å². The number of thiophene rings is 1. The molecule has 0 saturated carbocycles. The topological polar surface area (TPSA) is 204 Å². The number of nitrogens with zero attached hydrogens (tertiary/aromatic N) is 3. The summed E-state index contributed by atoms with van der Waals surface area (Å²) in [6, 6.07) is 24.9. The van der Waals surface area contributed by atoms with E-state index >= 15 is 0 Å². The first-order valence-electron chi connectivity index (χ1n) is 20.0. The van der Waals surface area contributed by atoms with Crippen LogP contribution in [0.4, 0.5) is 10.7 Å². The van der Waals surface area contributed by atoms with E-state index in [1.165, 1.54) is 30.6 Å². The van der Waals surface area contributed by atoms with Gasteiger partial charge in [0, 0.05) is 39.7 Å². The van der Waals surface area contributed by atoms with Crippen molar-refractivity contribution < 1.29 is 22.7 Å². The molecule has 0 spiro atoms. The number of ether oxygens (including phenoxy) is 1. The molecule has 1 aliphatic rings. The van der Waals surface area contributed by atoms with Gasteiger partial charge in [0.05, 0.1) is 40.9 Å². The Kier molecular flexibility index (Phi) is 12.3. The number of aromatic nitrogens is 1. The highest BCUT2D eigenvalue weighted by Gasteiger charge is 2.35. The fraction of sp³-hybridized carbons (Fsp3) is 0.234. The number of nitriles is 1. The molecule has 0 fully saturated rings. The van der Waals surface area contributed by atoms with Gasteiger partial charge in [-0.05, 0) is 98.2 Å². The largest absolute Gasteiger partial charge is 0.469 e. The summed E-state index contributed by atoms with van der Waals surface area (Å²) in [6.45, 7) is 9.84. The number of nitrogens with one attached hydrogen (secondary N) is 5. The standard InChI is InChI=1S/C47H46N8O5S2/c1-7-31-15-19-38(44-42(31)35(24-48)25-52-44)54-62(58,59)36-16-8-30(9-17-36)20-21-51-46(57)37-18-14-34(22-26(37)2)32-10-12-33(13-11-32)43-41-27(3)28(4)61-47(41)55(29(5)49)45(50)39(53-43)23-40(56)60-6/h8-19,22,25,39,49-50,52,54H,7,20-21,23H2,1-6H3,(H,51,57)/t39-/m0/s1. The highest BCUT2D eigenvalue weighted by molar-refractivity contribution is 7.92. The van der Waals surface area contributed by atoms with Crippen molar-refractivity contribution in [1.82, 2.24) is 10.3 Å². The maximum absolute atomic E-state index is 13.3. The van der Waals surface area contributed by atoms with Gasteiger partial charge in [0.2, 0.25) is 0 Å². The van der Waals surface area contributed by atoms with Crippen molar-refractivity contribution in [2.45, 2.75) is 64.8 Å². The van der Waals surface area contributed by atoms with Crippen molar-refractivity contribution in [3.63, 3.8) is 0 Å². The predicted molar refractivity (Wildman–Crippen MR) is 246 cm³/mol. The highest BCUT2D eigenvalue weighted by atomic mass is 32.2. The first-order chi connectivity index (χ1) is 29.6. The Morgan fingerprint density at radius 3 is 2.34 bits per heavy atom. The van der Waals surface area contributed by atoms with Gasteiger partial charge < -0.3 is 15.0 Å². The lowest BCUT2D eigenvalue weighted by molar-refractivity contribution is -0.140. The van der Waals surface area contributed by atoms with Gasteiger partial charge in [0.25, 0.3) is 15.9 Å². The number of sulfonamides is 1. The van der Waals surface area contributed by atoms with Crippen LogP contribution in [0.1, 0.15) is 74.4 Å². The summed E-state index contributed by atoms with van der Waals surface area (Å²) in [7, 11) is -2.62. The molecular formula is C47H46N8O5S2. The molecule has 62 heavy (non-hydrogen) atoms. The molecule has 15 heteroatoms. The van der Waals surface area contributed by atoms with Crippen LogP contribution in [0.5, 0.6) is 0 Å². The van der Waals surface area contributed by atoms with Gasteiger partial charge in [-0.15, -0.1) is 11.3 Å². The van der Waals surface area contributed by atoms with Crippen molar-refractivity contribution in [1.29, 1.82) is 16.1 Å². The van der Waals surface area contributed by atoms with E-state index in [1.807, 2.05) is 70.2 Å². The number of methoxy groups -OCH3 is 1. The third-order valence-electron chi connectivity index (χ3n) is 11.1. The van der Waals surface area contributed by atoms with E-state index in [-0.39, 0.29) is 28.9 Å². The normalized spacial score (nSPS) is 13.8. The monoisotopic (exact) mass is 866 g/mol. The minimum Gasteiger partial charge on any atom is -0.469 e. The molecular weight excluding hydrogens is 821 g/mol. The van der Waals surface area contributed by atoms with Crippen LogP contribution in [0, 0.1) is 42.9 Å². The lowest BCUT2D eigenvalue weighted by Crippen LogP contribution is -2.40. The van der Waals surface area contributed by atoms with Crippen LogP contribution < -0.4 is 14.9 Å². The number of aromatic amines is 1. The molecule has 7 rings (SSSR count). The number of carbonyl (C=O) groups excluding carboxylic acids is 2. The smallest absolute Gasteiger partial charge is 0.308 e. The Morgan fingerprint density at radius 1 is 1.00 bits per heavy atom. The number of hydrogen-bond acceptors (Lipinski definition) is 10. The number of amides is 1. The van der Waals surface area contributed by atoms with Crippen molar-refractivity contribution in [3.8, 4) is 17.2 Å². The molecule has 0 aliphatic carbocycles. The molecule has 4 aromatic carbocycles. The summed E-state index contributed by atoms with van der Waals surface area (Å²) in [5, 5.41) is 31.5. The summed E-state index contributed by atoms with van der Waals surface area (Å²) in [4.78, 5) is 36.4. The summed E-state index contributed by atoms with van der Waals surface area (Å²) < 4.78 is 34.3. The van der Waals surface area contributed by atoms with Gasteiger partial charge in [0.1, 0.15) is 28.8 Å². The Balaban J connectivity index is 1.01. The Hall–Kier alpha value is -6.89. The average Bonchev–Trinajstić information content (AvgIpc) is 3.79. The minimum atomic E-state index is -3.93. The number of hydrogen-bond donors (Lipinski definition) is 5. The number of anilines is 2. The molecule has 0 unspecified atom stereocenters. The fourth-order valence-electron chi connectivity index (χ4n) is 7.68.